The number of carboxylic acids is 1. The largest absolute Gasteiger partial charge is 0.481 e. The maximum absolute atomic E-state index is 12.3. The summed E-state index contributed by atoms with van der Waals surface area (Å²) in [4.78, 5) is 11.0. The first-order valence-corrected chi connectivity index (χ1v) is 8.58. The predicted molar refractivity (Wildman–Crippen MR) is 81.8 cm³/mol. The molecule has 0 heterocycles. The smallest absolute Gasteiger partial charge is 0.304 e. The number of hydrogen-bond donors (Lipinski definition) is 2. The molecule has 0 aliphatic carbocycles. The second kappa shape index (κ2) is 7.56. The van der Waals surface area contributed by atoms with Crippen molar-refractivity contribution in [1.82, 2.24) is 4.72 Å². The molecule has 2 N–H and O–H groups in total. The second-order valence-electron chi connectivity index (χ2n) is 5.43. The van der Waals surface area contributed by atoms with Gasteiger partial charge in [0.25, 0.3) is 0 Å². The molecule has 1 aromatic rings. The van der Waals surface area contributed by atoms with Crippen molar-refractivity contribution in [2.75, 3.05) is 0 Å². The molecule has 0 fully saturated rings. The van der Waals surface area contributed by atoms with Crippen molar-refractivity contribution in [3.8, 4) is 0 Å². The molecule has 1 aromatic carbocycles. The summed E-state index contributed by atoms with van der Waals surface area (Å²) in [7, 11) is -3.68. The Morgan fingerprint density at radius 2 is 1.81 bits per heavy atom. The lowest BCUT2D eigenvalue weighted by Gasteiger charge is -2.16. The van der Waals surface area contributed by atoms with E-state index in [9.17, 15) is 13.2 Å². The summed E-state index contributed by atoms with van der Waals surface area (Å²) >= 11 is 0. The standard InChI is InChI=1S/C15H23NO4S/c1-4-5-13(10-15(17)18)16-21(19,20)14-8-6-12(7-9-14)11(2)3/h6-9,11,13,16H,4-5,10H2,1-3H3,(H,17,18). The highest BCUT2D eigenvalue weighted by molar-refractivity contribution is 7.89. The number of sulfonamides is 1. The maximum Gasteiger partial charge on any atom is 0.304 e. The molecular weight excluding hydrogens is 290 g/mol. The highest BCUT2D eigenvalue weighted by atomic mass is 32.2. The van der Waals surface area contributed by atoms with Crippen molar-refractivity contribution in [2.45, 2.75) is 56.9 Å². The van der Waals surface area contributed by atoms with Crippen LogP contribution in [-0.2, 0) is 14.8 Å². The fraction of sp³-hybridized carbons (Fsp3) is 0.533. The van der Waals surface area contributed by atoms with Gasteiger partial charge in [-0.25, -0.2) is 13.1 Å². The quantitative estimate of drug-likeness (QED) is 0.773. The summed E-state index contributed by atoms with van der Waals surface area (Å²) in [5, 5.41) is 8.84. The molecule has 21 heavy (non-hydrogen) atoms. The van der Waals surface area contributed by atoms with Crippen molar-refractivity contribution >= 4 is 16.0 Å². The molecule has 6 heteroatoms. The Morgan fingerprint density at radius 3 is 2.24 bits per heavy atom. The minimum atomic E-state index is -3.68. The molecule has 0 saturated heterocycles. The van der Waals surface area contributed by atoms with Crippen LogP contribution in [0.1, 0.15) is 51.5 Å². The summed E-state index contributed by atoms with van der Waals surface area (Å²) < 4.78 is 27.0. The van der Waals surface area contributed by atoms with Gasteiger partial charge in [-0.3, -0.25) is 4.79 Å². The third-order valence-electron chi connectivity index (χ3n) is 3.24. The zero-order valence-corrected chi connectivity index (χ0v) is 13.5. The molecule has 0 bridgehead atoms. The van der Waals surface area contributed by atoms with E-state index in [4.69, 9.17) is 5.11 Å². The Hall–Kier alpha value is -1.40. The molecule has 1 atom stereocenters. The Labute approximate surface area is 126 Å². The van der Waals surface area contributed by atoms with E-state index >= 15 is 0 Å². The van der Waals surface area contributed by atoms with Gasteiger partial charge in [0.05, 0.1) is 11.3 Å². The van der Waals surface area contributed by atoms with Crippen LogP contribution in [0.3, 0.4) is 0 Å². The number of benzene rings is 1. The number of rotatable bonds is 8. The topological polar surface area (TPSA) is 83.5 Å². The third-order valence-corrected chi connectivity index (χ3v) is 4.77. The van der Waals surface area contributed by atoms with Gasteiger partial charge in [-0.1, -0.05) is 39.3 Å². The monoisotopic (exact) mass is 313 g/mol. The van der Waals surface area contributed by atoms with Crippen LogP contribution in [0.2, 0.25) is 0 Å². The van der Waals surface area contributed by atoms with Crippen LogP contribution in [0, 0.1) is 0 Å². The van der Waals surface area contributed by atoms with Crippen molar-refractivity contribution in [3.05, 3.63) is 29.8 Å². The molecule has 1 rings (SSSR count). The number of hydrogen-bond acceptors (Lipinski definition) is 3. The number of carboxylic acid groups (broad SMARTS) is 1. The molecular formula is C15H23NO4S. The number of aliphatic carboxylic acids is 1. The average Bonchev–Trinajstić information content (AvgIpc) is 2.37. The maximum atomic E-state index is 12.3. The number of carbonyl (C=O) groups is 1. The van der Waals surface area contributed by atoms with E-state index in [2.05, 4.69) is 4.72 Å². The van der Waals surface area contributed by atoms with Crippen molar-refractivity contribution in [1.29, 1.82) is 0 Å². The summed E-state index contributed by atoms with van der Waals surface area (Å²) in [6.07, 6.45) is 1.000. The van der Waals surface area contributed by atoms with Crippen LogP contribution in [0.5, 0.6) is 0 Å². The fourth-order valence-electron chi connectivity index (χ4n) is 2.08. The van der Waals surface area contributed by atoms with Gasteiger partial charge in [-0.05, 0) is 30.0 Å². The molecule has 0 amide bonds. The van der Waals surface area contributed by atoms with Crippen LogP contribution >= 0.6 is 0 Å². The first kappa shape index (κ1) is 17.7. The second-order valence-corrected chi connectivity index (χ2v) is 7.14. The van der Waals surface area contributed by atoms with E-state index in [1.165, 1.54) is 0 Å². The van der Waals surface area contributed by atoms with Crippen molar-refractivity contribution in [3.63, 3.8) is 0 Å². The molecule has 0 aliphatic heterocycles. The van der Waals surface area contributed by atoms with E-state index in [-0.39, 0.29) is 11.3 Å². The molecule has 0 saturated carbocycles. The van der Waals surface area contributed by atoms with Crippen LogP contribution < -0.4 is 4.72 Å². The van der Waals surface area contributed by atoms with Gasteiger partial charge in [0.2, 0.25) is 10.0 Å². The average molecular weight is 313 g/mol. The predicted octanol–water partition coefficient (Wildman–Crippen LogP) is 2.73. The van der Waals surface area contributed by atoms with Crippen molar-refractivity contribution < 1.29 is 18.3 Å². The Morgan fingerprint density at radius 1 is 1.24 bits per heavy atom. The van der Waals surface area contributed by atoms with E-state index in [1.807, 2.05) is 20.8 Å². The molecule has 0 aromatic heterocycles. The van der Waals surface area contributed by atoms with Gasteiger partial charge in [0.15, 0.2) is 0 Å². The zero-order chi connectivity index (χ0) is 16.0. The first-order chi connectivity index (χ1) is 9.76. The molecule has 118 valence electrons. The Kier molecular flexibility index (Phi) is 6.36. The van der Waals surface area contributed by atoms with Gasteiger partial charge in [-0.15, -0.1) is 0 Å². The van der Waals surface area contributed by atoms with E-state index < -0.39 is 22.0 Å². The SMILES string of the molecule is CCCC(CC(=O)O)NS(=O)(=O)c1ccc(C(C)C)cc1. The van der Waals surface area contributed by atoms with Gasteiger partial charge in [-0.2, -0.15) is 0 Å². The highest BCUT2D eigenvalue weighted by Gasteiger charge is 2.21. The summed E-state index contributed by atoms with van der Waals surface area (Å²) in [5.41, 5.74) is 1.06. The highest BCUT2D eigenvalue weighted by Crippen LogP contribution is 2.18. The Balaban J connectivity index is 2.90. The minimum Gasteiger partial charge on any atom is -0.481 e. The fourth-order valence-corrected chi connectivity index (χ4v) is 3.35. The first-order valence-electron chi connectivity index (χ1n) is 7.10. The van der Waals surface area contributed by atoms with E-state index in [0.29, 0.717) is 18.8 Å². The molecule has 1 unspecified atom stereocenters. The lowest BCUT2D eigenvalue weighted by Crippen LogP contribution is -2.36. The normalized spacial score (nSPS) is 13.3. The van der Waals surface area contributed by atoms with E-state index in [1.54, 1.807) is 24.3 Å². The lowest BCUT2D eigenvalue weighted by atomic mass is 10.0. The third kappa shape index (κ3) is 5.47. The molecule has 5 nitrogen and oxygen atoms in total. The van der Waals surface area contributed by atoms with Gasteiger partial charge in [0, 0.05) is 6.04 Å². The van der Waals surface area contributed by atoms with Crippen molar-refractivity contribution in [2.24, 2.45) is 0 Å². The lowest BCUT2D eigenvalue weighted by molar-refractivity contribution is -0.137. The zero-order valence-electron chi connectivity index (χ0n) is 12.7. The van der Waals surface area contributed by atoms with Gasteiger partial charge >= 0.3 is 5.97 Å². The van der Waals surface area contributed by atoms with Crippen LogP contribution in [0.4, 0.5) is 0 Å². The molecule has 0 radical (unpaired) electrons. The summed E-state index contributed by atoms with van der Waals surface area (Å²) in [6, 6.07) is 6.10. The van der Waals surface area contributed by atoms with Gasteiger partial charge in [0.1, 0.15) is 0 Å². The Bertz CT molecular complexity index is 564. The summed E-state index contributed by atoms with van der Waals surface area (Å²) in [5.74, 6) is -0.680. The minimum absolute atomic E-state index is 0.165. The van der Waals surface area contributed by atoms with Crippen LogP contribution in [0.25, 0.3) is 0 Å². The molecule has 0 spiro atoms. The van der Waals surface area contributed by atoms with E-state index in [0.717, 1.165) is 5.56 Å². The van der Waals surface area contributed by atoms with Crippen LogP contribution in [0.15, 0.2) is 29.2 Å². The summed E-state index contributed by atoms with van der Waals surface area (Å²) in [6.45, 7) is 5.96. The van der Waals surface area contributed by atoms with Gasteiger partial charge < -0.3 is 5.11 Å². The van der Waals surface area contributed by atoms with Crippen LogP contribution in [-0.4, -0.2) is 25.5 Å². The molecule has 0 aliphatic rings. The number of nitrogens with one attached hydrogen (secondary N) is 1.